The van der Waals surface area contributed by atoms with Crippen LogP contribution < -0.4 is 0 Å². The molecule has 1 aromatic heterocycles. The summed E-state index contributed by atoms with van der Waals surface area (Å²) >= 11 is 0. The maximum Gasteiger partial charge on any atom is 0.222 e. The Morgan fingerprint density at radius 1 is 1.65 bits per heavy atom. The van der Waals surface area contributed by atoms with Gasteiger partial charge in [-0.15, -0.1) is 0 Å². The molecule has 0 saturated heterocycles. The molecule has 1 saturated carbocycles. The number of rotatable bonds is 6. The Morgan fingerprint density at radius 3 is 3.00 bits per heavy atom. The lowest BCUT2D eigenvalue weighted by atomic mass is 10.2. The molecule has 1 aliphatic rings. The lowest BCUT2D eigenvalue weighted by Gasteiger charge is -2.20. The van der Waals surface area contributed by atoms with E-state index >= 15 is 0 Å². The molecule has 0 aromatic carbocycles. The molecule has 17 heavy (non-hydrogen) atoms. The third-order valence-electron chi connectivity index (χ3n) is 3.22. The largest absolute Gasteiger partial charge is 0.469 e. The maximum atomic E-state index is 11.8. The molecule has 94 valence electrons. The van der Waals surface area contributed by atoms with Crippen molar-refractivity contribution in [2.24, 2.45) is 5.92 Å². The summed E-state index contributed by atoms with van der Waals surface area (Å²) in [6.07, 6.45) is 4.50. The van der Waals surface area contributed by atoms with Gasteiger partial charge in [0, 0.05) is 26.4 Å². The van der Waals surface area contributed by atoms with Crippen LogP contribution in [0.2, 0.25) is 0 Å². The van der Waals surface area contributed by atoms with Crippen LogP contribution in [0.4, 0.5) is 0 Å². The quantitative estimate of drug-likeness (QED) is 0.814. The Bertz CT molecular complexity index is 357. The van der Waals surface area contributed by atoms with Crippen molar-refractivity contribution >= 4 is 5.91 Å². The summed E-state index contributed by atoms with van der Waals surface area (Å²) < 4.78 is 5.17. The second kappa shape index (κ2) is 5.36. The van der Waals surface area contributed by atoms with Crippen molar-refractivity contribution < 1.29 is 14.3 Å². The third-order valence-corrected chi connectivity index (χ3v) is 3.22. The Hall–Kier alpha value is -1.29. The third kappa shape index (κ3) is 3.60. The van der Waals surface area contributed by atoms with E-state index in [9.17, 15) is 9.90 Å². The average molecular weight is 237 g/mol. The van der Waals surface area contributed by atoms with Crippen LogP contribution in [-0.4, -0.2) is 35.6 Å². The Labute approximate surface area is 101 Å². The van der Waals surface area contributed by atoms with Crippen molar-refractivity contribution in [3.63, 3.8) is 0 Å². The highest BCUT2D eigenvalue weighted by Gasteiger charge is 2.30. The smallest absolute Gasteiger partial charge is 0.222 e. The zero-order chi connectivity index (χ0) is 12.3. The Balaban J connectivity index is 1.71. The molecular weight excluding hydrogens is 218 g/mol. The molecule has 4 heteroatoms. The first-order valence-electron chi connectivity index (χ1n) is 6.11. The zero-order valence-electron chi connectivity index (χ0n) is 10.1. The molecule has 1 amide bonds. The van der Waals surface area contributed by atoms with Gasteiger partial charge in [-0.25, -0.2) is 0 Å². The first-order chi connectivity index (χ1) is 8.16. The topological polar surface area (TPSA) is 53.7 Å². The lowest BCUT2D eigenvalue weighted by Crippen LogP contribution is -2.35. The molecule has 1 heterocycles. The van der Waals surface area contributed by atoms with Gasteiger partial charge in [0.1, 0.15) is 5.76 Å². The monoisotopic (exact) mass is 237 g/mol. The van der Waals surface area contributed by atoms with Crippen LogP contribution in [0.5, 0.6) is 0 Å². The van der Waals surface area contributed by atoms with Crippen LogP contribution in [0.25, 0.3) is 0 Å². The first kappa shape index (κ1) is 12.2. The van der Waals surface area contributed by atoms with Crippen molar-refractivity contribution in [1.29, 1.82) is 0 Å². The number of carbonyl (C=O) groups is 1. The van der Waals surface area contributed by atoms with E-state index in [1.54, 1.807) is 18.2 Å². The van der Waals surface area contributed by atoms with Crippen LogP contribution in [0.15, 0.2) is 22.8 Å². The molecule has 1 atom stereocenters. The van der Waals surface area contributed by atoms with Gasteiger partial charge >= 0.3 is 0 Å². The zero-order valence-corrected chi connectivity index (χ0v) is 10.1. The standard InChI is InChI=1S/C13H19NO3/c1-14(9-12(15)10-4-5-10)13(16)7-6-11-3-2-8-17-11/h2-3,8,10,12,15H,4-7,9H2,1H3. The summed E-state index contributed by atoms with van der Waals surface area (Å²) in [6, 6.07) is 3.69. The second-order valence-electron chi connectivity index (χ2n) is 4.76. The number of likely N-dealkylation sites (N-methyl/N-ethyl adjacent to an activating group) is 1. The molecule has 1 fully saturated rings. The summed E-state index contributed by atoms with van der Waals surface area (Å²) in [7, 11) is 1.75. The van der Waals surface area contributed by atoms with E-state index in [1.165, 1.54) is 0 Å². The van der Waals surface area contributed by atoms with Gasteiger partial charge in [-0.1, -0.05) is 0 Å². The minimum absolute atomic E-state index is 0.0566. The van der Waals surface area contributed by atoms with Crippen molar-refractivity contribution in [2.45, 2.75) is 31.8 Å². The van der Waals surface area contributed by atoms with E-state index in [-0.39, 0.29) is 12.0 Å². The minimum Gasteiger partial charge on any atom is -0.469 e. The highest BCUT2D eigenvalue weighted by atomic mass is 16.3. The van der Waals surface area contributed by atoms with Crippen LogP contribution in [-0.2, 0) is 11.2 Å². The molecule has 0 radical (unpaired) electrons. The summed E-state index contributed by atoms with van der Waals surface area (Å²) in [5.74, 6) is 1.30. The van der Waals surface area contributed by atoms with Crippen LogP contribution >= 0.6 is 0 Å². The Morgan fingerprint density at radius 2 is 2.41 bits per heavy atom. The van der Waals surface area contributed by atoms with Crippen LogP contribution in [0, 0.1) is 5.92 Å². The fourth-order valence-electron chi connectivity index (χ4n) is 1.89. The minimum atomic E-state index is -0.354. The lowest BCUT2D eigenvalue weighted by molar-refractivity contribution is -0.131. The average Bonchev–Trinajstić information content (AvgIpc) is 3.04. The van der Waals surface area contributed by atoms with Gasteiger partial charge in [-0.05, 0) is 30.9 Å². The van der Waals surface area contributed by atoms with Gasteiger partial charge in [-0.2, -0.15) is 0 Å². The number of aliphatic hydroxyl groups excluding tert-OH is 1. The summed E-state index contributed by atoms with van der Waals surface area (Å²) in [4.78, 5) is 13.4. The molecule has 1 unspecified atom stereocenters. The summed E-state index contributed by atoms with van der Waals surface area (Å²) in [5.41, 5.74) is 0. The number of hydrogen-bond donors (Lipinski definition) is 1. The molecule has 2 rings (SSSR count). The highest BCUT2D eigenvalue weighted by molar-refractivity contribution is 5.76. The van der Waals surface area contributed by atoms with Gasteiger partial charge in [0.25, 0.3) is 0 Å². The predicted octanol–water partition coefficient (Wildman–Crippen LogP) is 1.44. The molecular formula is C13H19NO3. The maximum absolute atomic E-state index is 11.8. The molecule has 4 nitrogen and oxygen atoms in total. The molecule has 1 aromatic rings. The van der Waals surface area contributed by atoms with E-state index in [0.29, 0.717) is 25.3 Å². The fraction of sp³-hybridized carbons (Fsp3) is 0.615. The first-order valence-corrected chi connectivity index (χ1v) is 6.11. The Kier molecular flexibility index (Phi) is 3.84. The summed E-state index contributed by atoms with van der Waals surface area (Å²) in [5, 5.41) is 9.75. The SMILES string of the molecule is CN(CC(O)C1CC1)C(=O)CCc1ccco1. The molecule has 0 spiro atoms. The van der Waals surface area contributed by atoms with Gasteiger partial charge in [0.2, 0.25) is 5.91 Å². The van der Waals surface area contributed by atoms with Crippen molar-refractivity contribution in [2.75, 3.05) is 13.6 Å². The number of aryl methyl sites for hydroxylation is 1. The van der Waals surface area contributed by atoms with Crippen molar-refractivity contribution in [1.82, 2.24) is 4.90 Å². The number of amides is 1. The normalized spacial score (nSPS) is 16.8. The van der Waals surface area contributed by atoms with Gasteiger partial charge in [0.15, 0.2) is 0 Å². The molecule has 1 aliphatic carbocycles. The van der Waals surface area contributed by atoms with Crippen molar-refractivity contribution in [3.05, 3.63) is 24.2 Å². The van der Waals surface area contributed by atoms with Gasteiger partial charge in [0.05, 0.1) is 12.4 Å². The molecule has 0 aliphatic heterocycles. The van der Waals surface area contributed by atoms with E-state index in [1.807, 2.05) is 12.1 Å². The van der Waals surface area contributed by atoms with Gasteiger partial charge < -0.3 is 14.4 Å². The number of nitrogens with zero attached hydrogens (tertiary/aromatic N) is 1. The van der Waals surface area contributed by atoms with E-state index in [4.69, 9.17) is 4.42 Å². The molecule has 1 N–H and O–H groups in total. The number of hydrogen-bond acceptors (Lipinski definition) is 3. The fourth-order valence-corrected chi connectivity index (χ4v) is 1.89. The second-order valence-corrected chi connectivity index (χ2v) is 4.76. The van der Waals surface area contributed by atoms with Crippen molar-refractivity contribution in [3.8, 4) is 0 Å². The summed E-state index contributed by atoms with van der Waals surface area (Å²) in [6.45, 7) is 0.446. The van der Waals surface area contributed by atoms with Crippen LogP contribution in [0.1, 0.15) is 25.0 Å². The number of furan rings is 1. The highest BCUT2D eigenvalue weighted by Crippen LogP contribution is 2.32. The van der Waals surface area contributed by atoms with E-state index < -0.39 is 0 Å². The van der Waals surface area contributed by atoms with E-state index in [0.717, 1.165) is 18.6 Å². The number of aliphatic hydroxyl groups is 1. The van der Waals surface area contributed by atoms with Crippen LogP contribution in [0.3, 0.4) is 0 Å². The molecule has 0 bridgehead atoms. The van der Waals surface area contributed by atoms with Gasteiger partial charge in [-0.3, -0.25) is 4.79 Å². The predicted molar refractivity (Wildman–Crippen MR) is 63.4 cm³/mol. The number of carbonyl (C=O) groups excluding carboxylic acids is 1. The van der Waals surface area contributed by atoms with E-state index in [2.05, 4.69) is 0 Å².